The van der Waals surface area contributed by atoms with E-state index < -0.39 is 0 Å². The second-order valence-electron chi connectivity index (χ2n) is 6.07. The van der Waals surface area contributed by atoms with Crippen molar-refractivity contribution in [2.24, 2.45) is 0 Å². The molecule has 3 rings (SSSR count). The number of halogens is 1. The van der Waals surface area contributed by atoms with E-state index in [9.17, 15) is 4.79 Å². The van der Waals surface area contributed by atoms with E-state index in [-0.39, 0.29) is 12.5 Å². The summed E-state index contributed by atoms with van der Waals surface area (Å²) in [4.78, 5) is 20.7. The summed E-state index contributed by atoms with van der Waals surface area (Å²) in [5.41, 5.74) is 2.71. The minimum atomic E-state index is -0.220. The van der Waals surface area contributed by atoms with Crippen molar-refractivity contribution in [2.45, 2.75) is 26.2 Å². The van der Waals surface area contributed by atoms with Gasteiger partial charge in [0.25, 0.3) is 5.91 Å². The second kappa shape index (κ2) is 8.27. The number of amides is 1. The van der Waals surface area contributed by atoms with Crippen LogP contribution in [0.2, 0.25) is 0 Å². The lowest BCUT2D eigenvalue weighted by Gasteiger charge is -2.15. The highest BCUT2D eigenvalue weighted by molar-refractivity contribution is 9.10. The first kappa shape index (κ1) is 18.3. The van der Waals surface area contributed by atoms with Gasteiger partial charge in [-0.3, -0.25) is 4.79 Å². The van der Waals surface area contributed by atoms with E-state index in [2.05, 4.69) is 45.1 Å². The number of anilines is 1. The van der Waals surface area contributed by atoms with E-state index in [0.717, 1.165) is 33.0 Å². The molecule has 6 heteroatoms. The van der Waals surface area contributed by atoms with E-state index in [4.69, 9.17) is 4.74 Å². The molecule has 0 saturated heterocycles. The maximum atomic E-state index is 12.4. The molecule has 0 unspecified atom stereocenters. The number of para-hydroxylation sites is 1. The molecule has 0 aliphatic carbocycles. The van der Waals surface area contributed by atoms with Crippen LogP contribution in [0.1, 0.15) is 31.7 Å². The Balaban J connectivity index is 1.72. The molecule has 134 valence electrons. The number of benzene rings is 2. The van der Waals surface area contributed by atoms with Crippen LogP contribution in [0, 0.1) is 0 Å². The van der Waals surface area contributed by atoms with E-state index in [1.807, 2.05) is 42.5 Å². The molecule has 1 heterocycles. The highest BCUT2D eigenvalue weighted by Crippen LogP contribution is 2.27. The van der Waals surface area contributed by atoms with Gasteiger partial charge >= 0.3 is 0 Å². The summed E-state index contributed by atoms with van der Waals surface area (Å²) >= 11 is 3.43. The molecule has 0 saturated carbocycles. The molecule has 0 radical (unpaired) electrons. The van der Waals surface area contributed by atoms with E-state index in [1.54, 1.807) is 0 Å². The Morgan fingerprint density at radius 3 is 2.85 bits per heavy atom. The summed E-state index contributed by atoms with van der Waals surface area (Å²) in [6.45, 7) is 4.16. The van der Waals surface area contributed by atoms with Crippen LogP contribution >= 0.6 is 15.9 Å². The molecule has 0 aliphatic heterocycles. The van der Waals surface area contributed by atoms with Crippen LogP contribution in [-0.2, 0) is 4.79 Å². The Kier molecular flexibility index (Phi) is 5.83. The zero-order valence-electron chi connectivity index (χ0n) is 14.7. The minimum absolute atomic E-state index is 0.118. The number of nitrogens with one attached hydrogen (secondary N) is 1. The largest absolute Gasteiger partial charge is 0.467 e. The molecule has 0 bridgehead atoms. The third-order valence-electron chi connectivity index (χ3n) is 4.28. The molecule has 2 aromatic carbocycles. The number of carbonyl (C=O) groups excluding carboxylic acids is 1. The van der Waals surface area contributed by atoms with Gasteiger partial charge in [0, 0.05) is 10.2 Å². The number of nitrogens with zero attached hydrogens (tertiary/aromatic N) is 2. The number of aromatic nitrogens is 2. The molecule has 0 spiro atoms. The van der Waals surface area contributed by atoms with Crippen molar-refractivity contribution in [3.8, 4) is 5.88 Å². The average molecular weight is 414 g/mol. The van der Waals surface area contributed by atoms with Crippen LogP contribution in [0.4, 0.5) is 5.69 Å². The van der Waals surface area contributed by atoms with Gasteiger partial charge in [0.05, 0.1) is 10.9 Å². The summed E-state index contributed by atoms with van der Waals surface area (Å²) in [7, 11) is 0. The van der Waals surface area contributed by atoms with Crippen molar-refractivity contribution in [2.75, 3.05) is 11.9 Å². The zero-order valence-corrected chi connectivity index (χ0v) is 16.3. The monoisotopic (exact) mass is 413 g/mol. The fraction of sp³-hybridized carbons (Fsp3) is 0.250. The Morgan fingerprint density at radius 1 is 1.23 bits per heavy atom. The van der Waals surface area contributed by atoms with Crippen LogP contribution in [0.3, 0.4) is 0 Å². The number of hydrogen-bond acceptors (Lipinski definition) is 4. The molecule has 26 heavy (non-hydrogen) atoms. The van der Waals surface area contributed by atoms with Gasteiger partial charge in [0.2, 0.25) is 5.88 Å². The van der Waals surface area contributed by atoms with Crippen LogP contribution in [-0.4, -0.2) is 22.5 Å². The smallest absolute Gasteiger partial charge is 0.262 e. The first-order valence-electron chi connectivity index (χ1n) is 8.50. The van der Waals surface area contributed by atoms with Crippen molar-refractivity contribution in [3.63, 3.8) is 0 Å². The predicted octanol–water partition coefficient (Wildman–Crippen LogP) is 4.92. The minimum Gasteiger partial charge on any atom is -0.467 e. The fourth-order valence-corrected chi connectivity index (χ4v) is 3.06. The molecular formula is C20H20BrN3O2. The third-order valence-corrected chi connectivity index (χ3v) is 4.77. The van der Waals surface area contributed by atoms with Crippen LogP contribution in [0.25, 0.3) is 10.9 Å². The van der Waals surface area contributed by atoms with Gasteiger partial charge in [0.1, 0.15) is 6.33 Å². The summed E-state index contributed by atoms with van der Waals surface area (Å²) in [6, 6.07) is 13.5. The van der Waals surface area contributed by atoms with Crippen LogP contribution in [0.5, 0.6) is 5.88 Å². The lowest BCUT2D eigenvalue weighted by atomic mass is 9.97. The van der Waals surface area contributed by atoms with Crippen molar-refractivity contribution < 1.29 is 9.53 Å². The Labute approximate surface area is 160 Å². The van der Waals surface area contributed by atoms with E-state index in [1.165, 1.54) is 6.33 Å². The molecule has 1 aromatic heterocycles. The third kappa shape index (κ3) is 4.19. The number of ether oxygens (including phenoxy) is 1. The van der Waals surface area contributed by atoms with Crippen molar-refractivity contribution >= 4 is 38.4 Å². The molecule has 1 N–H and O–H groups in total. The summed E-state index contributed by atoms with van der Waals surface area (Å²) in [6.07, 6.45) is 2.44. The average Bonchev–Trinajstić information content (AvgIpc) is 2.66. The molecule has 1 amide bonds. The van der Waals surface area contributed by atoms with E-state index in [0.29, 0.717) is 11.8 Å². The highest BCUT2D eigenvalue weighted by Gasteiger charge is 2.12. The van der Waals surface area contributed by atoms with Gasteiger partial charge in [-0.25, -0.2) is 9.97 Å². The highest BCUT2D eigenvalue weighted by atomic mass is 79.9. The van der Waals surface area contributed by atoms with Crippen molar-refractivity contribution in [1.82, 2.24) is 9.97 Å². The molecule has 3 aromatic rings. The second-order valence-corrected chi connectivity index (χ2v) is 6.99. The van der Waals surface area contributed by atoms with Gasteiger partial charge in [0.15, 0.2) is 6.61 Å². The predicted molar refractivity (Wildman–Crippen MR) is 107 cm³/mol. The maximum Gasteiger partial charge on any atom is 0.262 e. The van der Waals surface area contributed by atoms with Crippen LogP contribution in [0.15, 0.2) is 53.3 Å². The van der Waals surface area contributed by atoms with Gasteiger partial charge < -0.3 is 10.1 Å². The number of hydrogen-bond donors (Lipinski definition) is 1. The first-order chi connectivity index (χ1) is 12.6. The fourth-order valence-electron chi connectivity index (χ4n) is 2.70. The summed E-state index contributed by atoms with van der Waals surface area (Å²) in [5, 5.41) is 3.70. The topological polar surface area (TPSA) is 64.1 Å². The lowest BCUT2D eigenvalue weighted by molar-refractivity contribution is -0.118. The standard InChI is InChI=1S/C20H20BrN3O2/c1-3-13(2)15-6-4-5-7-18(15)24-19(25)11-26-20-16-10-14(21)8-9-17(16)22-12-23-20/h4-10,12-13H,3,11H2,1-2H3,(H,24,25)/t13-/m0/s1. The van der Waals surface area contributed by atoms with Gasteiger partial charge in [-0.05, 0) is 42.2 Å². The van der Waals surface area contributed by atoms with Gasteiger partial charge in [-0.15, -0.1) is 0 Å². The number of carbonyl (C=O) groups is 1. The zero-order chi connectivity index (χ0) is 18.5. The lowest BCUT2D eigenvalue weighted by Crippen LogP contribution is -2.21. The normalized spacial score (nSPS) is 12.0. The molecule has 1 atom stereocenters. The number of rotatable bonds is 6. The maximum absolute atomic E-state index is 12.4. The van der Waals surface area contributed by atoms with Crippen LogP contribution < -0.4 is 10.1 Å². The Hall–Kier alpha value is -2.47. The molecular weight excluding hydrogens is 394 g/mol. The SMILES string of the molecule is CC[C@H](C)c1ccccc1NC(=O)COc1ncnc2ccc(Br)cc12. The molecule has 5 nitrogen and oxygen atoms in total. The van der Waals surface area contributed by atoms with Gasteiger partial charge in [-0.2, -0.15) is 0 Å². The van der Waals surface area contributed by atoms with Crippen molar-refractivity contribution in [3.05, 3.63) is 58.8 Å². The first-order valence-corrected chi connectivity index (χ1v) is 9.29. The molecule has 0 fully saturated rings. The Bertz CT molecular complexity index is 930. The van der Waals surface area contributed by atoms with Gasteiger partial charge in [-0.1, -0.05) is 48.0 Å². The summed E-state index contributed by atoms with van der Waals surface area (Å²) in [5.74, 6) is 0.541. The number of fused-ring (bicyclic) bond motifs is 1. The van der Waals surface area contributed by atoms with Crippen molar-refractivity contribution in [1.29, 1.82) is 0 Å². The summed E-state index contributed by atoms with van der Waals surface area (Å²) < 4.78 is 6.55. The van der Waals surface area contributed by atoms with E-state index >= 15 is 0 Å². The quantitative estimate of drug-likeness (QED) is 0.622. The molecule has 0 aliphatic rings. The Morgan fingerprint density at radius 2 is 2.04 bits per heavy atom.